The van der Waals surface area contributed by atoms with Crippen LogP contribution in [0.2, 0.25) is 0 Å². The number of aryl methyl sites for hydroxylation is 2. The fraction of sp³-hybridized carbons (Fsp3) is 0.182. The van der Waals surface area contributed by atoms with Crippen molar-refractivity contribution in [1.82, 2.24) is 0 Å². The first kappa shape index (κ1) is 37.5. The average molecular weight is 623 g/mol. The molecule has 4 heteroatoms. The summed E-state index contributed by atoms with van der Waals surface area (Å²) < 4.78 is 0. The molecule has 0 aromatic heterocycles. The van der Waals surface area contributed by atoms with Gasteiger partial charge in [-0.1, -0.05) is 62.1 Å². The maximum absolute atomic E-state index is 3.33. The van der Waals surface area contributed by atoms with Gasteiger partial charge in [-0.05, 0) is 12.8 Å². The first-order valence-corrected chi connectivity index (χ1v) is 15.9. The monoisotopic (exact) mass is 620 g/mol. The Morgan fingerprint density at radius 1 is 0.676 bits per heavy atom. The Hall–Kier alpha value is -1.70. The third-order valence-corrected chi connectivity index (χ3v) is 5.29. The zero-order valence-electron chi connectivity index (χ0n) is 22.0. The van der Waals surface area contributed by atoms with Crippen LogP contribution < -0.4 is 0 Å². The quantitative estimate of drug-likeness (QED) is 0.201. The minimum absolute atomic E-state index is 0. The molecule has 0 atom stereocenters. The van der Waals surface area contributed by atoms with Crippen LogP contribution in [-0.2, 0) is 36.2 Å². The molecule has 0 spiro atoms. The van der Waals surface area contributed by atoms with E-state index in [1.54, 1.807) is 0 Å². The second kappa shape index (κ2) is 23.4. The molecule has 0 saturated carbocycles. The van der Waals surface area contributed by atoms with E-state index < -0.39 is 0 Å². The summed E-state index contributed by atoms with van der Waals surface area (Å²) in [6, 6.07) is 29.9. The van der Waals surface area contributed by atoms with E-state index in [2.05, 4.69) is 112 Å². The van der Waals surface area contributed by atoms with Gasteiger partial charge in [-0.15, -0.1) is 72.4 Å². The average Bonchev–Trinajstić information content (AvgIpc) is 3.67. The minimum Gasteiger partial charge on any atom is -0.184 e. The van der Waals surface area contributed by atoms with Crippen LogP contribution in [0.3, 0.4) is 0 Å². The molecule has 2 radical (unpaired) electrons. The fourth-order valence-corrected chi connectivity index (χ4v) is 3.47. The number of hydrogen-bond acceptors (Lipinski definition) is 0. The van der Waals surface area contributed by atoms with Gasteiger partial charge >= 0.3 is 30.2 Å². The number of rotatable bonds is 4. The number of allylic oxidation sites excluding steroid dienone is 8. The zero-order chi connectivity index (χ0) is 24.4. The van der Waals surface area contributed by atoms with E-state index >= 15 is 0 Å². The molecule has 37 heavy (non-hydrogen) atoms. The second-order valence-corrected chi connectivity index (χ2v) is 7.58. The van der Waals surface area contributed by atoms with Gasteiger partial charge in [0, 0.05) is 0 Å². The van der Waals surface area contributed by atoms with Crippen LogP contribution in [0.25, 0.3) is 11.1 Å². The van der Waals surface area contributed by atoms with Crippen molar-refractivity contribution < 1.29 is 23.3 Å². The SMILES string of the molecule is CCc1cccc(C2=[C-]CC=C2)c1.CCc1cccc(C2=[C-]CC=C2)c1.Cl.Cl.[CH3-].[Si]=[Zr].[c-]1ccccc1. The second-order valence-electron chi connectivity index (χ2n) is 7.58. The van der Waals surface area contributed by atoms with Crippen LogP contribution in [0.5, 0.6) is 0 Å². The van der Waals surface area contributed by atoms with Crippen LogP contribution >= 0.6 is 24.8 Å². The number of benzene rings is 3. The predicted octanol–water partition coefficient (Wildman–Crippen LogP) is 9.19. The first-order chi connectivity index (χ1) is 16.8. The molecule has 0 aliphatic heterocycles. The molecule has 0 fully saturated rings. The van der Waals surface area contributed by atoms with Crippen LogP contribution in [0, 0.1) is 25.6 Å². The molecule has 3 aromatic carbocycles. The summed E-state index contributed by atoms with van der Waals surface area (Å²) in [4.78, 5) is 0. The molecule has 0 heterocycles. The molecule has 194 valence electrons. The minimum atomic E-state index is 0. The molecule has 3 aromatic rings. The molecule has 2 aliphatic carbocycles. The van der Waals surface area contributed by atoms with Crippen molar-refractivity contribution in [1.29, 1.82) is 0 Å². The molecule has 5 rings (SSSR count). The van der Waals surface area contributed by atoms with Crippen molar-refractivity contribution in [2.45, 2.75) is 39.5 Å². The van der Waals surface area contributed by atoms with E-state index in [1.807, 2.05) is 30.3 Å². The van der Waals surface area contributed by atoms with E-state index in [-0.39, 0.29) is 32.2 Å². The van der Waals surface area contributed by atoms with E-state index in [0.717, 1.165) is 25.7 Å². The van der Waals surface area contributed by atoms with E-state index in [4.69, 9.17) is 0 Å². The Morgan fingerprint density at radius 2 is 1.11 bits per heavy atom. The molecule has 0 nitrogen and oxygen atoms in total. The topological polar surface area (TPSA) is 0 Å². The van der Waals surface area contributed by atoms with Crippen molar-refractivity contribution in [3.05, 3.63) is 151 Å². The molecule has 0 unspecified atom stereocenters. The van der Waals surface area contributed by atoms with E-state index in [9.17, 15) is 0 Å². The maximum Gasteiger partial charge on any atom is -0.171 e. The molecular weight excluding hydrogens is 587 g/mol. The van der Waals surface area contributed by atoms with E-state index in [0.29, 0.717) is 0 Å². The van der Waals surface area contributed by atoms with Crippen molar-refractivity contribution in [3.8, 4) is 0 Å². The summed E-state index contributed by atoms with van der Waals surface area (Å²) in [6.07, 6.45) is 19.4. The van der Waals surface area contributed by atoms with Crippen molar-refractivity contribution in [3.63, 3.8) is 0 Å². The van der Waals surface area contributed by atoms with Gasteiger partial charge in [-0.3, -0.25) is 0 Å². The Bertz CT molecular complexity index is 1020. The third-order valence-electron chi connectivity index (χ3n) is 5.29. The summed E-state index contributed by atoms with van der Waals surface area (Å²) in [5.74, 6) is 0. The van der Waals surface area contributed by atoms with Gasteiger partial charge in [-0.25, -0.2) is 0 Å². The van der Waals surface area contributed by atoms with Gasteiger partial charge in [-0.2, -0.15) is 71.8 Å². The van der Waals surface area contributed by atoms with Crippen LogP contribution in [-0.4, -0.2) is 6.88 Å². The molecule has 0 amide bonds. The van der Waals surface area contributed by atoms with E-state index in [1.165, 1.54) is 56.7 Å². The Labute approximate surface area is 255 Å². The summed E-state index contributed by atoms with van der Waals surface area (Å²) >= 11 is 1.36. The Kier molecular flexibility index (Phi) is 23.7. The Morgan fingerprint density at radius 3 is 1.38 bits per heavy atom. The number of hydrogen-bond donors (Lipinski definition) is 0. The normalized spacial score (nSPS) is 11.7. The smallest absolute Gasteiger partial charge is 0.171 e. The van der Waals surface area contributed by atoms with Gasteiger partial charge in [0.2, 0.25) is 0 Å². The van der Waals surface area contributed by atoms with Gasteiger partial charge < -0.3 is 7.43 Å². The fourth-order valence-electron chi connectivity index (χ4n) is 3.47. The van der Waals surface area contributed by atoms with Crippen molar-refractivity contribution in [2.75, 3.05) is 0 Å². The predicted molar refractivity (Wildman–Crippen MR) is 164 cm³/mol. The van der Waals surface area contributed by atoms with Crippen LogP contribution in [0.15, 0.2) is 103 Å². The molecule has 0 bridgehead atoms. The number of halogens is 2. The first-order valence-electron chi connectivity index (χ1n) is 11.7. The molecule has 2 aliphatic rings. The van der Waals surface area contributed by atoms with Crippen molar-refractivity contribution >= 4 is 42.8 Å². The summed E-state index contributed by atoms with van der Waals surface area (Å²) in [5.41, 5.74) is 7.88. The van der Waals surface area contributed by atoms with Crippen LogP contribution in [0.4, 0.5) is 0 Å². The summed E-state index contributed by atoms with van der Waals surface area (Å²) in [5, 5.41) is 0. The molecule has 0 N–H and O–H groups in total. The van der Waals surface area contributed by atoms with Gasteiger partial charge in [0.15, 0.2) is 0 Å². The maximum atomic E-state index is 3.33. The van der Waals surface area contributed by atoms with Gasteiger partial charge in [0.25, 0.3) is 0 Å². The van der Waals surface area contributed by atoms with Crippen LogP contribution in [0.1, 0.15) is 48.9 Å². The largest absolute Gasteiger partial charge is 0.184 e. The van der Waals surface area contributed by atoms with Gasteiger partial charge in [0.1, 0.15) is 0 Å². The van der Waals surface area contributed by atoms with Gasteiger partial charge in [0.05, 0.1) is 0 Å². The van der Waals surface area contributed by atoms with Crippen molar-refractivity contribution in [2.24, 2.45) is 0 Å². The summed E-state index contributed by atoms with van der Waals surface area (Å²) in [6.45, 7) is 7.43. The Balaban J connectivity index is 0. The zero-order valence-corrected chi connectivity index (χ0v) is 27.1. The molecular formula is C33H36Cl2SiZr-4. The third kappa shape index (κ3) is 14.1. The standard InChI is InChI=1S/2C13H13.C6H5.CH3.2ClH.Si.Zr/c2*1-2-11-6-5-9-13(10-11)12-7-3-4-8-12;1-2-4-6-5-3-1;;;;;/h2*3,5-7,9-10H,2,4H2,1H3;1-5H;1H3;2*1H;;/q4*-1;;;;. The molecule has 0 saturated heterocycles. The summed E-state index contributed by atoms with van der Waals surface area (Å²) in [7, 11) is 0.